The fraction of sp³-hybridized carbons (Fsp3) is 0.100. The second kappa shape index (κ2) is 3.14. The van der Waals surface area contributed by atoms with Gasteiger partial charge in [0.1, 0.15) is 11.6 Å². The number of benzene rings is 1. The number of aromatic amines is 1. The molecule has 1 aromatic carbocycles. The van der Waals surface area contributed by atoms with Gasteiger partial charge >= 0.3 is 0 Å². The SMILES string of the molecule is COc1cc(F)cc2cc(C=O)[nH]c12. The lowest BCUT2D eigenvalue weighted by Gasteiger charge is -2.00. The third-order valence-electron chi connectivity index (χ3n) is 2.02. The maximum atomic E-state index is 13.0. The molecule has 0 aliphatic carbocycles. The van der Waals surface area contributed by atoms with Crippen LogP contribution in [0.3, 0.4) is 0 Å². The summed E-state index contributed by atoms with van der Waals surface area (Å²) in [5.41, 5.74) is 1.04. The highest BCUT2D eigenvalue weighted by Gasteiger charge is 2.07. The minimum Gasteiger partial charge on any atom is -0.494 e. The maximum Gasteiger partial charge on any atom is 0.166 e. The van der Waals surface area contributed by atoms with Crippen molar-refractivity contribution in [2.24, 2.45) is 0 Å². The number of fused-ring (bicyclic) bond motifs is 1. The Balaban J connectivity index is 2.77. The third-order valence-corrected chi connectivity index (χ3v) is 2.02. The number of aromatic nitrogens is 1. The molecule has 4 heteroatoms. The van der Waals surface area contributed by atoms with Gasteiger partial charge < -0.3 is 9.72 Å². The average molecular weight is 193 g/mol. The summed E-state index contributed by atoms with van der Waals surface area (Å²) in [4.78, 5) is 13.3. The van der Waals surface area contributed by atoms with Crippen LogP contribution in [0.5, 0.6) is 5.75 Å². The summed E-state index contributed by atoms with van der Waals surface area (Å²) in [6.45, 7) is 0. The van der Waals surface area contributed by atoms with E-state index in [1.807, 2.05) is 0 Å². The van der Waals surface area contributed by atoms with Crippen molar-refractivity contribution >= 4 is 17.2 Å². The van der Waals surface area contributed by atoms with E-state index in [1.165, 1.54) is 19.2 Å². The summed E-state index contributed by atoms with van der Waals surface area (Å²) in [5, 5.41) is 0.629. The number of nitrogens with one attached hydrogen (secondary N) is 1. The first-order valence-corrected chi connectivity index (χ1v) is 4.06. The molecule has 0 saturated heterocycles. The van der Waals surface area contributed by atoms with Crippen LogP contribution in [0.1, 0.15) is 10.5 Å². The van der Waals surface area contributed by atoms with Gasteiger partial charge in [-0.05, 0) is 12.1 Å². The van der Waals surface area contributed by atoms with Gasteiger partial charge in [0.05, 0.1) is 18.3 Å². The van der Waals surface area contributed by atoms with Gasteiger partial charge in [-0.1, -0.05) is 0 Å². The second-order valence-electron chi connectivity index (χ2n) is 2.91. The summed E-state index contributed by atoms with van der Waals surface area (Å²) < 4.78 is 18.0. The summed E-state index contributed by atoms with van der Waals surface area (Å²) >= 11 is 0. The largest absolute Gasteiger partial charge is 0.494 e. The number of hydrogen-bond donors (Lipinski definition) is 1. The van der Waals surface area contributed by atoms with Crippen LogP contribution in [0.2, 0.25) is 0 Å². The molecule has 1 aromatic heterocycles. The van der Waals surface area contributed by atoms with Crippen molar-refractivity contribution in [3.05, 3.63) is 29.7 Å². The van der Waals surface area contributed by atoms with Crippen molar-refractivity contribution in [1.29, 1.82) is 0 Å². The summed E-state index contributed by atoms with van der Waals surface area (Å²) in [7, 11) is 1.45. The molecule has 0 unspecified atom stereocenters. The Hall–Kier alpha value is -1.84. The van der Waals surface area contributed by atoms with Crippen molar-refractivity contribution in [1.82, 2.24) is 4.98 Å². The Morgan fingerprint density at radius 1 is 1.43 bits per heavy atom. The van der Waals surface area contributed by atoms with Gasteiger partial charge in [-0.3, -0.25) is 4.79 Å². The Labute approximate surface area is 79.5 Å². The van der Waals surface area contributed by atoms with E-state index < -0.39 is 0 Å². The van der Waals surface area contributed by atoms with E-state index in [4.69, 9.17) is 4.74 Å². The minimum atomic E-state index is -0.384. The number of halogens is 1. The lowest BCUT2D eigenvalue weighted by Crippen LogP contribution is -1.86. The first kappa shape index (κ1) is 8.74. The lowest BCUT2D eigenvalue weighted by molar-refractivity contribution is 0.112. The third kappa shape index (κ3) is 1.25. The molecule has 0 saturated carbocycles. The Kier molecular flexibility index (Phi) is 1.96. The Bertz CT molecular complexity index is 490. The molecule has 0 amide bonds. The lowest BCUT2D eigenvalue weighted by atomic mass is 10.2. The van der Waals surface area contributed by atoms with Gasteiger partial charge in [-0.15, -0.1) is 0 Å². The summed E-state index contributed by atoms with van der Waals surface area (Å²) in [6, 6.07) is 4.20. The molecule has 0 bridgehead atoms. The zero-order valence-corrected chi connectivity index (χ0v) is 7.50. The van der Waals surface area contributed by atoms with Gasteiger partial charge in [0.15, 0.2) is 6.29 Å². The first-order chi connectivity index (χ1) is 6.74. The molecule has 0 atom stereocenters. The fourth-order valence-electron chi connectivity index (χ4n) is 1.42. The molecule has 1 heterocycles. The molecule has 0 aliphatic rings. The van der Waals surface area contributed by atoms with E-state index in [0.29, 0.717) is 28.6 Å². The molecule has 0 aliphatic heterocycles. The number of H-pyrrole nitrogens is 1. The highest BCUT2D eigenvalue weighted by atomic mass is 19.1. The Morgan fingerprint density at radius 3 is 2.86 bits per heavy atom. The highest BCUT2D eigenvalue weighted by Crippen LogP contribution is 2.26. The number of rotatable bonds is 2. The quantitative estimate of drug-likeness (QED) is 0.742. The van der Waals surface area contributed by atoms with E-state index in [2.05, 4.69) is 4.98 Å². The second-order valence-corrected chi connectivity index (χ2v) is 2.91. The molecular formula is C10H8FNO2. The van der Waals surface area contributed by atoms with Crippen LogP contribution in [-0.4, -0.2) is 18.4 Å². The fourth-order valence-corrected chi connectivity index (χ4v) is 1.42. The van der Waals surface area contributed by atoms with Crippen molar-refractivity contribution in [3.8, 4) is 5.75 Å². The van der Waals surface area contributed by atoms with E-state index in [0.717, 1.165) is 0 Å². The van der Waals surface area contributed by atoms with Crippen molar-refractivity contribution in [2.45, 2.75) is 0 Å². The Morgan fingerprint density at radius 2 is 2.21 bits per heavy atom. The summed E-state index contributed by atoms with van der Waals surface area (Å²) in [5.74, 6) is 0.0129. The monoisotopic (exact) mass is 193 g/mol. The predicted molar refractivity (Wildman–Crippen MR) is 50.2 cm³/mol. The van der Waals surface area contributed by atoms with Gasteiger partial charge in [0.25, 0.3) is 0 Å². The van der Waals surface area contributed by atoms with E-state index in [9.17, 15) is 9.18 Å². The maximum absolute atomic E-state index is 13.0. The van der Waals surface area contributed by atoms with Crippen LogP contribution in [0.15, 0.2) is 18.2 Å². The van der Waals surface area contributed by atoms with Crippen molar-refractivity contribution in [3.63, 3.8) is 0 Å². The normalized spacial score (nSPS) is 10.4. The standard InChI is InChI=1S/C10H8FNO2/c1-14-9-4-7(11)2-6-3-8(5-13)12-10(6)9/h2-5,12H,1H3. The zero-order chi connectivity index (χ0) is 10.1. The molecule has 2 aromatic rings. The van der Waals surface area contributed by atoms with Crippen molar-refractivity contribution < 1.29 is 13.9 Å². The van der Waals surface area contributed by atoms with Crippen LogP contribution in [0, 0.1) is 5.82 Å². The van der Waals surface area contributed by atoms with Crippen LogP contribution in [0.4, 0.5) is 4.39 Å². The molecule has 0 radical (unpaired) electrons. The van der Waals surface area contributed by atoms with Crippen LogP contribution in [-0.2, 0) is 0 Å². The molecule has 72 valence electrons. The number of hydrogen-bond acceptors (Lipinski definition) is 2. The van der Waals surface area contributed by atoms with E-state index >= 15 is 0 Å². The molecule has 2 rings (SSSR count). The number of ether oxygens (including phenoxy) is 1. The van der Waals surface area contributed by atoms with E-state index in [-0.39, 0.29) is 5.82 Å². The number of aldehydes is 1. The number of methoxy groups -OCH3 is 1. The summed E-state index contributed by atoms with van der Waals surface area (Å²) in [6.07, 6.45) is 0.678. The van der Waals surface area contributed by atoms with Crippen LogP contribution >= 0.6 is 0 Å². The number of carbonyl (C=O) groups is 1. The minimum absolute atomic E-state index is 0.384. The molecular weight excluding hydrogens is 185 g/mol. The first-order valence-electron chi connectivity index (χ1n) is 4.06. The van der Waals surface area contributed by atoms with Crippen LogP contribution < -0.4 is 4.74 Å². The van der Waals surface area contributed by atoms with Gasteiger partial charge in [0, 0.05) is 11.5 Å². The predicted octanol–water partition coefficient (Wildman–Crippen LogP) is 2.13. The van der Waals surface area contributed by atoms with Crippen LogP contribution in [0.25, 0.3) is 10.9 Å². The topological polar surface area (TPSA) is 42.1 Å². The molecule has 1 N–H and O–H groups in total. The molecule has 0 fully saturated rings. The highest BCUT2D eigenvalue weighted by molar-refractivity contribution is 5.91. The van der Waals surface area contributed by atoms with Crippen molar-refractivity contribution in [2.75, 3.05) is 7.11 Å². The molecule has 3 nitrogen and oxygen atoms in total. The van der Waals surface area contributed by atoms with Gasteiger partial charge in [-0.2, -0.15) is 0 Å². The van der Waals surface area contributed by atoms with Gasteiger partial charge in [0.2, 0.25) is 0 Å². The zero-order valence-electron chi connectivity index (χ0n) is 7.50. The average Bonchev–Trinajstić information content (AvgIpc) is 2.59. The van der Waals surface area contributed by atoms with E-state index in [1.54, 1.807) is 6.07 Å². The number of carbonyl (C=O) groups excluding carboxylic acids is 1. The molecule has 0 spiro atoms. The molecule has 14 heavy (non-hydrogen) atoms. The van der Waals surface area contributed by atoms with Gasteiger partial charge in [-0.25, -0.2) is 4.39 Å². The smallest absolute Gasteiger partial charge is 0.166 e.